The van der Waals surface area contributed by atoms with E-state index in [1.807, 2.05) is 0 Å². The van der Waals surface area contributed by atoms with E-state index >= 15 is 0 Å². The molecule has 0 aromatic carbocycles. The molecule has 1 saturated heterocycles. The van der Waals surface area contributed by atoms with Gasteiger partial charge in [-0.05, 0) is 12.1 Å². The summed E-state index contributed by atoms with van der Waals surface area (Å²) in [6, 6.07) is 3.48. The number of nitrogens with one attached hydrogen (secondary N) is 1. The van der Waals surface area contributed by atoms with Crippen molar-refractivity contribution in [3.8, 4) is 0 Å². The van der Waals surface area contributed by atoms with Gasteiger partial charge in [-0.15, -0.1) is 0 Å². The number of nitrogens with zero attached hydrogens (tertiary/aromatic N) is 3. The summed E-state index contributed by atoms with van der Waals surface area (Å²) < 4.78 is 5.17. The molecule has 0 spiro atoms. The van der Waals surface area contributed by atoms with Gasteiger partial charge >= 0.3 is 0 Å². The molecule has 1 aromatic heterocycles. The fourth-order valence-electron chi connectivity index (χ4n) is 1.57. The summed E-state index contributed by atoms with van der Waals surface area (Å²) in [6.07, 6.45) is 3.19. The van der Waals surface area contributed by atoms with Crippen molar-refractivity contribution in [3.63, 3.8) is 0 Å². The minimum Gasteiger partial charge on any atom is -0.384 e. The lowest BCUT2D eigenvalue weighted by atomic mass is 10.3. The van der Waals surface area contributed by atoms with E-state index in [-0.39, 0.29) is 17.7 Å². The Morgan fingerprint density at radius 3 is 3.05 bits per heavy atom. The standard InChI is InChI=1S/C12H15ClN4O3/c13-12(10-2-1-3-14-8-10)16-20-9-11(18)15-17-4-6-19-7-5-17/h1-3,8H,4-7,9H2,(H,15,18). The van der Waals surface area contributed by atoms with E-state index in [0.29, 0.717) is 31.9 Å². The molecule has 2 rings (SSSR count). The number of pyridine rings is 1. The number of ether oxygens (including phenoxy) is 1. The zero-order chi connectivity index (χ0) is 14.2. The predicted octanol–water partition coefficient (Wildman–Crippen LogP) is 0.362. The molecule has 1 aromatic rings. The van der Waals surface area contributed by atoms with Crippen molar-refractivity contribution in [2.75, 3.05) is 32.9 Å². The van der Waals surface area contributed by atoms with Gasteiger partial charge in [0.1, 0.15) is 0 Å². The molecule has 20 heavy (non-hydrogen) atoms. The average Bonchev–Trinajstić information content (AvgIpc) is 2.49. The van der Waals surface area contributed by atoms with Crippen molar-refractivity contribution >= 4 is 22.7 Å². The Balaban J connectivity index is 1.73. The molecule has 108 valence electrons. The van der Waals surface area contributed by atoms with E-state index in [1.165, 1.54) is 0 Å². The van der Waals surface area contributed by atoms with Gasteiger partial charge in [0.25, 0.3) is 5.91 Å². The third-order valence-electron chi connectivity index (χ3n) is 2.53. The molecule has 0 bridgehead atoms. The van der Waals surface area contributed by atoms with Crippen LogP contribution in [-0.4, -0.2) is 54.0 Å². The second-order valence-corrected chi connectivity index (χ2v) is 4.39. The van der Waals surface area contributed by atoms with Crippen molar-refractivity contribution in [1.82, 2.24) is 15.4 Å². The lowest BCUT2D eigenvalue weighted by Gasteiger charge is -2.26. The Morgan fingerprint density at radius 1 is 1.55 bits per heavy atom. The molecule has 0 radical (unpaired) electrons. The monoisotopic (exact) mass is 298 g/mol. The first-order valence-electron chi connectivity index (χ1n) is 6.14. The minimum atomic E-state index is -0.286. The topological polar surface area (TPSA) is 76.0 Å². The molecule has 7 nitrogen and oxygen atoms in total. The lowest BCUT2D eigenvalue weighted by Crippen LogP contribution is -2.49. The van der Waals surface area contributed by atoms with Crippen LogP contribution < -0.4 is 5.43 Å². The number of hydrogen-bond acceptors (Lipinski definition) is 6. The molecule has 1 aliphatic rings. The lowest BCUT2D eigenvalue weighted by molar-refractivity contribution is -0.132. The summed E-state index contributed by atoms with van der Waals surface area (Å²) in [5, 5.41) is 5.60. The first-order valence-corrected chi connectivity index (χ1v) is 6.51. The van der Waals surface area contributed by atoms with E-state index in [2.05, 4.69) is 15.6 Å². The molecule has 1 aliphatic heterocycles. The third-order valence-corrected chi connectivity index (χ3v) is 2.82. The van der Waals surface area contributed by atoms with Crippen molar-refractivity contribution < 1.29 is 14.4 Å². The number of oxime groups is 1. The number of amides is 1. The highest BCUT2D eigenvalue weighted by Gasteiger charge is 2.13. The largest absolute Gasteiger partial charge is 0.384 e. The SMILES string of the molecule is O=C(CON=C(Cl)c1cccnc1)NN1CCOCC1. The van der Waals surface area contributed by atoms with E-state index in [9.17, 15) is 4.79 Å². The predicted molar refractivity (Wildman–Crippen MR) is 73.1 cm³/mol. The Kier molecular flexibility index (Phi) is 5.72. The highest BCUT2D eigenvalue weighted by Crippen LogP contribution is 2.03. The van der Waals surface area contributed by atoms with Gasteiger partial charge < -0.3 is 9.57 Å². The number of hydrogen-bond donors (Lipinski definition) is 1. The van der Waals surface area contributed by atoms with Crippen LogP contribution in [0.1, 0.15) is 5.56 Å². The fourth-order valence-corrected chi connectivity index (χ4v) is 1.73. The van der Waals surface area contributed by atoms with Crippen LogP contribution in [0.4, 0.5) is 0 Å². The van der Waals surface area contributed by atoms with Gasteiger partial charge in [-0.1, -0.05) is 16.8 Å². The van der Waals surface area contributed by atoms with Crippen LogP contribution in [0.3, 0.4) is 0 Å². The number of hydrazine groups is 1. The van der Waals surface area contributed by atoms with Gasteiger partial charge in [0.05, 0.1) is 13.2 Å². The quantitative estimate of drug-likeness (QED) is 0.627. The molecular formula is C12H15ClN4O3. The van der Waals surface area contributed by atoms with E-state index in [1.54, 1.807) is 29.5 Å². The summed E-state index contributed by atoms with van der Waals surface area (Å²) in [4.78, 5) is 20.4. The Hall–Kier alpha value is -1.70. The number of halogens is 1. The van der Waals surface area contributed by atoms with Crippen LogP contribution in [0.15, 0.2) is 29.7 Å². The second kappa shape index (κ2) is 7.78. The van der Waals surface area contributed by atoms with Gasteiger partial charge in [-0.2, -0.15) is 0 Å². The molecule has 1 fully saturated rings. The number of rotatable bonds is 5. The van der Waals surface area contributed by atoms with E-state index in [0.717, 1.165) is 0 Å². The van der Waals surface area contributed by atoms with Gasteiger partial charge in [-0.25, -0.2) is 5.01 Å². The van der Waals surface area contributed by atoms with Crippen LogP contribution in [0.5, 0.6) is 0 Å². The Bertz CT molecular complexity index is 463. The highest BCUT2D eigenvalue weighted by molar-refractivity contribution is 6.69. The Morgan fingerprint density at radius 2 is 2.35 bits per heavy atom. The van der Waals surface area contributed by atoms with Gasteiger partial charge in [0.15, 0.2) is 11.8 Å². The average molecular weight is 299 g/mol. The van der Waals surface area contributed by atoms with Gasteiger partial charge in [0, 0.05) is 31.0 Å². The summed E-state index contributed by atoms with van der Waals surface area (Å²) in [6.45, 7) is 2.32. The smallest absolute Gasteiger partial charge is 0.275 e. The van der Waals surface area contributed by atoms with Crippen LogP contribution in [0.2, 0.25) is 0 Å². The maximum Gasteiger partial charge on any atom is 0.275 e. The summed E-state index contributed by atoms with van der Waals surface area (Å²) in [5.74, 6) is -0.286. The van der Waals surface area contributed by atoms with Crippen LogP contribution in [0.25, 0.3) is 0 Å². The number of morpholine rings is 1. The number of aromatic nitrogens is 1. The summed E-state index contributed by atoms with van der Waals surface area (Å²) in [7, 11) is 0. The summed E-state index contributed by atoms with van der Waals surface area (Å²) >= 11 is 5.91. The maximum atomic E-state index is 11.6. The van der Waals surface area contributed by atoms with E-state index in [4.69, 9.17) is 21.2 Å². The zero-order valence-electron chi connectivity index (χ0n) is 10.8. The van der Waals surface area contributed by atoms with E-state index < -0.39 is 0 Å². The van der Waals surface area contributed by atoms with Crippen LogP contribution in [0, 0.1) is 0 Å². The van der Waals surface area contributed by atoms with Gasteiger partial charge in [0.2, 0.25) is 0 Å². The normalized spacial score (nSPS) is 16.8. The zero-order valence-corrected chi connectivity index (χ0v) is 11.5. The minimum absolute atomic E-state index is 0.150. The van der Waals surface area contributed by atoms with Crippen molar-refractivity contribution in [2.24, 2.45) is 5.16 Å². The number of carbonyl (C=O) groups excluding carboxylic acids is 1. The first-order chi connectivity index (χ1) is 9.75. The molecule has 1 N–H and O–H groups in total. The Labute approximate surface area is 121 Å². The van der Waals surface area contributed by atoms with Gasteiger partial charge in [-0.3, -0.25) is 15.2 Å². The first kappa shape index (κ1) is 14.7. The molecule has 0 atom stereocenters. The number of carbonyl (C=O) groups is 1. The molecule has 0 unspecified atom stereocenters. The molecule has 0 saturated carbocycles. The van der Waals surface area contributed by atoms with Crippen LogP contribution in [-0.2, 0) is 14.4 Å². The third kappa shape index (κ3) is 4.76. The molecule has 0 aliphatic carbocycles. The molecule has 1 amide bonds. The molecule has 2 heterocycles. The fraction of sp³-hybridized carbons (Fsp3) is 0.417. The maximum absolute atomic E-state index is 11.6. The van der Waals surface area contributed by atoms with Crippen molar-refractivity contribution in [2.45, 2.75) is 0 Å². The molecular weight excluding hydrogens is 284 g/mol. The highest BCUT2D eigenvalue weighted by atomic mass is 35.5. The van der Waals surface area contributed by atoms with Crippen molar-refractivity contribution in [1.29, 1.82) is 0 Å². The summed E-state index contributed by atoms with van der Waals surface area (Å²) in [5.41, 5.74) is 3.32. The second-order valence-electron chi connectivity index (χ2n) is 4.03. The van der Waals surface area contributed by atoms with Crippen LogP contribution >= 0.6 is 11.6 Å². The molecule has 8 heteroatoms. The van der Waals surface area contributed by atoms with Crippen molar-refractivity contribution in [3.05, 3.63) is 30.1 Å².